The van der Waals surface area contributed by atoms with Crippen molar-refractivity contribution in [1.82, 2.24) is 5.32 Å². The van der Waals surface area contributed by atoms with Crippen molar-refractivity contribution in [2.24, 2.45) is 23.7 Å². The average Bonchev–Trinajstić information content (AvgIpc) is 2.84. The van der Waals surface area contributed by atoms with Crippen LogP contribution in [0.5, 0.6) is 0 Å². The van der Waals surface area contributed by atoms with Gasteiger partial charge < -0.3 is 5.32 Å². The highest BCUT2D eigenvalue weighted by Gasteiger charge is 2.31. The van der Waals surface area contributed by atoms with Gasteiger partial charge in [-0.05, 0) is 85.3 Å². The molecule has 2 rings (SSSR count). The van der Waals surface area contributed by atoms with E-state index in [1.54, 1.807) is 5.56 Å². The van der Waals surface area contributed by atoms with E-state index in [0.29, 0.717) is 0 Å². The molecule has 0 saturated heterocycles. The quantitative estimate of drug-likeness (QED) is 0.841. The van der Waals surface area contributed by atoms with Crippen molar-refractivity contribution in [3.63, 3.8) is 0 Å². The van der Waals surface area contributed by atoms with E-state index >= 15 is 0 Å². The molecule has 1 aromatic heterocycles. The molecular formula is C16H27NS. The van der Waals surface area contributed by atoms with Crippen molar-refractivity contribution in [3.05, 3.63) is 22.4 Å². The molecule has 1 aromatic rings. The molecule has 102 valence electrons. The Balaban J connectivity index is 2.00. The first kappa shape index (κ1) is 14.1. The van der Waals surface area contributed by atoms with Crippen molar-refractivity contribution in [3.8, 4) is 0 Å². The Morgan fingerprint density at radius 2 is 2.17 bits per heavy atom. The van der Waals surface area contributed by atoms with Gasteiger partial charge in [0.2, 0.25) is 0 Å². The molecule has 1 heterocycles. The molecule has 0 radical (unpaired) electrons. The fraction of sp³-hybridized carbons (Fsp3) is 0.750. The first-order chi connectivity index (χ1) is 8.70. The molecule has 2 heteroatoms. The average molecular weight is 265 g/mol. The Kier molecular flexibility index (Phi) is 5.25. The van der Waals surface area contributed by atoms with E-state index in [0.717, 1.165) is 23.7 Å². The topological polar surface area (TPSA) is 12.0 Å². The largest absolute Gasteiger partial charge is 0.319 e. The Bertz CT molecular complexity index is 331. The highest BCUT2D eigenvalue weighted by molar-refractivity contribution is 7.07. The van der Waals surface area contributed by atoms with Gasteiger partial charge in [0.25, 0.3) is 0 Å². The standard InChI is InChI=1S/C16H27NS/c1-12(2)14-4-5-15(10-17-3)16(9-14)8-13-6-7-18-11-13/h6-7,11-12,14-17H,4-5,8-10H2,1-3H3. The van der Waals surface area contributed by atoms with Crippen LogP contribution in [0.1, 0.15) is 38.7 Å². The fourth-order valence-electron chi connectivity index (χ4n) is 3.46. The molecule has 0 amide bonds. The Labute approximate surface area is 116 Å². The molecule has 0 bridgehead atoms. The lowest BCUT2D eigenvalue weighted by Gasteiger charge is -2.38. The van der Waals surface area contributed by atoms with Crippen LogP contribution in [0.15, 0.2) is 16.8 Å². The molecule has 1 nitrogen and oxygen atoms in total. The van der Waals surface area contributed by atoms with Gasteiger partial charge in [-0.2, -0.15) is 11.3 Å². The maximum Gasteiger partial charge on any atom is -0.00208 e. The van der Waals surface area contributed by atoms with Gasteiger partial charge in [-0.1, -0.05) is 13.8 Å². The minimum Gasteiger partial charge on any atom is -0.319 e. The lowest BCUT2D eigenvalue weighted by Crippen LogP contribution is -2.34. The van der Waals surface area contributed by atoms with Crippen molar-refractivity contribution >= 4 is 11.3 Å². The molecule has 1 N–H and O–H groups in total. The SMILES string of the molecule is CNCC1CCC(C(C)C)CC1Cc1ccsc1. The highest BCUT2D eigenvalue weighted by atomic mass is 32.1. The van der Waals surface area contributed by atoms with Crippen LogP contribution >= 0.6 is 11.3 Å². The zero-order valence-corrected chi connectivity index (χ0v) is 12.8. The summed E-state index contributed by atoms with van der Waals surface area (Å²) in [5.41, 5.74) is 1.55. The van der Waals surface area contributed by atoms with E-state index in [1.807, 2.05) is 11.3 Å². The molecule has 0 aromatic carbocycles. The number of rotatable bonds is 5. The predicted octanol–water partition coefficient (Wildman–Crippen LogP) is 4.20. The first-order valence-corrected chi connectivity index (χ1v) is 8.30. The normalized spacial score (nSPS) is 28.8. The zero-order valence-electron chi connectivity index (χ0n) is 12.0. The number of hydrogen-bond acceptors (Lipinski definition) is 2. The maximum absolute atomic E-state index is 3.39. The van der Waals surface area contributed by atoms with Gasteiger partial charge in [0.15, 0.2) is 0 Å². The van der Waals surface area contributed by atoms with Gasteiger partial charge in [-0.3, -0.25) is 0 Å². The monoisotopic (exact) mass is 265 g/mol. The van der Waals surface area contributed by atoms with Gasteiger partial charge in [-0.25, -0.2) is 0 Å². The van der Waals surface area contributed by atoms with Crippen LogP contribution in [0.3, 0.4) is 0 Å². The minimum atomic E-state index is 0.852. The Morgan fingerprint density at radius 1 is 1.33 bits per heavy atom. The predicted molar refractivity (Wildman–Crippen MR) is 81.1 cm³/mol. The summed E-state index contributed by atoms with van der Waals surface area (Å²) >= 11 is 1.83. The van der Waals surface area contributed by atoms with Gasteiger partial charge in [-0.15, -0.1) is 0 Å². The molecule has 0 spiro atoms. The zero-order chi connectivity index (χ0) is 13.0. The third kappa shape index (κ3) is 3.58. The molecule has 3 unspecified atom stereocenters. The summed E-state index contributed by atoms with van der Waals surface area (Å²) in [6.07, 6.45) is 5.57. The van der Waals surface area contributed by atoms with E-state index in [1.165, 1.54) is 32.2 Å². The molecule has 1 aliphatic carbocycles. The van der Waals surface area contributed by atoms with Gasteiger partial charge in [0, 0.05) is 0 Å². The van der Waals surface area contributed by atoms with Gasteiger partial charge >= 0.3 is 0 Å². The van der Waals surface area contributed by atoms with Crippen LogP contribution in [0.25, 0.3) is 0 Å². The van der Waals surface area contributed by atoms with Crippen LogP contribution in [-0.4, -0.2) is 13.6 Å². The van der Waals surface area contributed by atoms with E-state index in [9.17, 15) is 0 Å². The highest BCUT2D eigenvalue weighted by Crippen LogP contribution is 2.39. The molecule has 18 heavy (non-hydrogen) atoms. The van der Waals surface area contributed by atoms with Crippen LogP contribution in [0.2, 0.25) is 0 Å². The second-order valence-corrected chi connectivity index (χ2v) is 7.01. The molecule has 0 aliphatic heterocycles. The van der Waals surface area contributed by atoms with E-state index in [-0.39, 0.29) is 0 Å². The lowest BCUT2D eigenvalue weighted by molar-refractivity contribution is 0.146. The summed E-state index contributed by atoms with van der Waals surface area (Å²) in [5.74, 6) is 3.56. The third-order valence-electron chi connectivity index (χ3n) is 4.67. The summed E-state index contributed by atoms with van der Waals surface area (Å²) in [6.45, 7) is 5.98. The summed E-state index contributed by atoms with van der Waals surface area (Å²) in [6, 6.07) is 2.31. The molecular weight excluding hydrogens is 238 g/mol. The first-order valence-electron chi connectivity index (χ1n) is 7.36. The lowest BCUT2D eigenvalue weighted by atomic mass is 9.69. The van der Waals surface area contributed by atoms with Crippen LogP contribution in [-0.2, 0) is 6.42 Å². The summed E-state index contributed by atoms with van der Waals surface area (Å²) in [4.78, 5) is 0. The van der Waals surface area contributed by atoms with Crippen molar-refractivity contribution in [2.75, 3.05) is 13.6 Å². The summed E-state index contributed by atoms with van der Waals surface area (Å²) in [5, 5.41) is 7.94. The van der Waals surface area contributed by atoms with E-state index in [2.05, 4.69) is 43.0 Å². The number of nitrogens with one attached hydrogen (secondary N) is 1. The molecule has 1 saturated carbocycles. The van der Waals surface area contributed by atoms with Crippen LogP contribution in [0, 0.1) is 23.7 Å². The Hall–Kier alpha value is -0.340. The van der Waals surface area contributed by atoms with Gasteiger partial charge in [0.1, 0.15) is 0 Å². The van der Waals surface area contributed by atoms with Crippen molar-refractivity contribution < 1.29 is 0 Å². The van der Waals surface area contributed by atoms with E-state index in [4.69, 9.17) is 0 Å². The van der Waals surface area contributed by atoms with Crippen molar-refractivity contribution in [1.29, 1.82) is 0 Å². The Morgan fingerprint density at radius 3 is 2.78 bits per heavy atom. The maximum atomic E-state index is 3.39. The third-order valence-corrected chi connectivity index (χ3v) is 5.40. The summed E-state index contributed by atoms with van der Waals surface area (Å²) < 4.78 is 0. The molecule has 1 aliphatic rings. The minimum absolute atomic E-state index is 0.852. The van der Waals surface area contributed by atoms with Crippen LogP contribution in [0.4, 0.5) is 0 Å². The van der Waals surface area contributed by atoms with Crippen LogP contribution < -0.4 is 5.32 Å². The fourth-order valence-corrected chi connectivity index (χ4v) is 4.14. The second-order valence-electron chi connectivity index (χ2n) is 6.23. The summed E-state index contributed by atoms with van der Waals surface area (Å²) in [7, 11) is 2.09. The van der Waals surface area contributed by atoms with E-state index < -0.39 is 0 Å². The van der Waals surface area contributed by atoms with Gasteiger partial charge in [0.05, 0.1) is 0 Å². The smallest absolute Gasteiger partial charge is 0.00208 e. The molecule has 3 atom stereocenters. The second kappa shape index (κ2) is 6.72. The van der Waals surface area contributed by atoms with Crippen molar-refractivity contribution in [2.45, 2.75) is 39.5 Å². The molecule has 1 fully saturated rings. The number of thiophene rings is 1. The number of hydrogen-bond donors (Lipinski definition) is 1.